The molecule has 1 fully saturated rings. The van der Waals surface area contributed by atoms with Crippen molar-refractivity contribution < 1.29 is 154 Å². The van der Waals surface area contributed by atoms with E-state index in [1.807, 2.05) is 0 Å². The lowest BCUT2D eigenvalue weighted by atomic mass is 9.91. The number of ether oxygens (including phenoxy) is 7. The zero-order chi connectivity index (χ0) is 57.7. The molecule has 5 atom stereocenters. The average Bonchev–Trinajstić information content (AvgIpc) is 3.59. The topological polar surface area (TPSA) is 531 Å². The number of aromatic hydroxyl groups is 17. The number of aromatic carboxylic acids is 1. The molecule has 0 saturated carbocycles. The molecule has 0 radical (unpaired) electrons. The predicted octanol–water partition coefficient (Wildman–Crippen LogP) is 2.55. The fourth-order valence-electron chi connectivity index (χ4n) is 8.50. The summed E-state index contributed by atoms with van der Waals surface area (Å²) in [5, 5.41) is 191. The van der Waals surface area contributed by atoms with Crippen LogP contribution in [0.15, 0.2) is 42.5 Å². The maximum Gasteiger partial charge on any atom is 0.340 e. The van der Waals surface area contributed by atoms with Crippen LogP contribution in [0.2, 0.25) is 0 Å². The highest BCUT2D eigenvalue weighted by atomic mass is 16.7. The van der Waals surface area contributed by atoms with E-state index < -0.39 is 238 Å². The Bertz CT molecular complexity index is 3710. The monoisotopic (exact) mass is 1100 g/mol. The number of benzene rings is 6. The van der Waals surface area contributed by atoms with Crippen LogP contribution in [-0.4, -0.2) is 165 Å². The molecule has 79 heavy (non-hydrogen) atoms. The summed E-state index contributed by atoms with van der Waals surface area (Å²) in [5.41, 5.74) is -11.5. The second-order valence-corrected chi connectivity index (χ2v) is 16.9. The molecular weight excluding hydrogens is 1070 g/mol. The second kappa shape index (κ2) is 18.7. The fraction of sp³-hybridized carbons (Fsp3) is 0.125. The number of carbonyl (C=O) groups is 6. The van der Waals surface area contributed by atoms with Gasteiger partial charge in [0.25, 0.3) is 0 Å². The number of hydrogen-bond donors (Lipinski definition) is 18. The summed E-state index contributed by atoms with van der Waals surface area (Å²) >= 11 is 0. The Morgan fingerprint density at radius 2 is 0.823 bits per heavy atom. The third-order valence-corrected chi connectivity index (χ3v) is 12.3. The molecule has 0 aliphatic carbocycles. The standard InChI is InChI=1S/C48H32O31/c49-15-1-9(2-16(50)27(15)55)43(68)79-48-41-40(77-46(71)11-4-18(52)28(56)33(61)23(11)24-12(47(72)78-41)5-19(53)29(57)34(24)62)39-22(75-48)8-73-44(69)13-7-21(74-38-14(42(66)67)6-20(54)31(59)37(38)65)32(60)36(64)26(13)25-10(45(70)76-39)3-17(51)30(58)35(25)63/h1-7,22,39-41,48-65H,8H2,(H,66,67). The normalized spacial score (nSPS) is 18.7. The number of cyclic esters (lactones) is 1. The van der Waals surface area contributed by atoms with Crippen molar-refractivity contribution in [2.75, 3.05) is 6.61 Å². The smallest absolute Gasteiger partial charge is 0.340 e. The fourth-order valence-corrected chi connectivity index (χ4v) is 8.50. The van der Waals surface area contributed by atoms with Gasteiger partial charge in [0.05, 0.1) is 27.8 Å². The van der Waals surface area contributed by atoms with E-state index >= 15 is 0 Å². The van der Waals surface area contributed by atoms with E-state index in [1.165, 1.54) is 0 Å². The first-order chi connectivity index (χ1) is 37.1. The van der Waals surface area contributed by atoms with E-state index in [2.05, 4.69) is 0 Å². The van der Waals surface area contributed by atoms with E-state index in [1.54, 1.807) is 0 Å². The van der Waals surface area contributed by atoms with Crippen molar-refractivity contribution >= 4 is 35.8 Å². The summed E-state index contributed by atoms with van der Waals surface area (Å²) in [7, 11) is 0. The van der Waals surface area contributed by atoms with Crippen LogP contribution >= 0.6 is 0 Å². The molecule has 6 aromatic carbocycles. The molecule has 3 heterocycles. The Balaban J connectivity index is 1.26. The van der Waals surface area contributed by atoms with Gasteiger partial charge in [0.1, 0.15) is 18.3 Å². The first-order valence-corrected chi connectivity index (χ1v) is 21.7. The van der Waals surface area contributed by atoms with Gasteiger partial charge in [-0.15, -0.1) is 0 Å². The molecule has 5 unspecified atom stereocenters. The van der Waals surface area contributed by atoms with Gasteiger partial charge >= 0.3 is 35.8 Å². The number of carbonyl (C=O) groups excluding carboxylic acids is 5. The Labute approximate surface area is 433 Å². The first kappa shape index (κ1) is 52.4. The molecule has 3 aliphatic rings. The van der Waals surface area contributed by atoms with Crippen molar-refractivity contribution in [2.24, 2.45) is 0 Å². The highest BCUT2D eigenvalue weighted by Crippen LogP contribution is 2.57. The van der Waals surface area contributed by atoms with Gasteiger partial charge in [0.15, 0.2) is 87.0 Å². The van der Waals surface area contributed by atoms with Crippen molar-refractivity contribution in [1.82, 2.24) is 0 Å². The summed E-state index contributed by atoms with van der Waals surface area (Å²) in [6.07, 6.45) is -12.8. The van der Waals surface area contributed by atoms with E-state index in [4.69, 9.17) is 33.2 Å². The maximum absolute atomic E-state index is 14.8. The van der Waals surface area contributed by atoms with E-state index in [-0.39, 0.29) is 0 Å². The molecule has 6 aromatic rings. The maximum atomic E-state index is 14.8. The first-order valence-electron chi connectivity index (χ1n) is 21.7. The number of fused-ring (bicyclic) bond motifs is 9. The van der Waals surface area contributed by atoms with Crippen molar-refractivity contribution in [3.05, 3.63) is 75.8 Å². The Morgan fingerprint density at radius 3 is 1.29 bits per heavy atom. The van der Waals surface area contributed by atoms with Crippen LogP contribution < -0.4 is 4.74 Å². The van der Waals surface area contributed by atoms with Crippen LogP contribution in [-0.2, 0) is 28.4 Å². The van der Waals surface area contributed by atoms with Gasteiger partial charge in [-0.2, -0.15) is 0 Å². The molecule has 0 spiro atoms. The number of rotatable bonds is 5. The highest BCUT2D eigenvalue weighted by molar-refractivity contribution is 6.10. The van der Waals surface area contributed by atoms with Crippen LogP contribution in [0.3, 0.4) is 0 Å². The summed E-state index contributed by atoms with van der Waals surface area (Å²) in [6.45, 7) is -1.41. The molecule has 0 aromatic heterocycles. The van der Waals surface area contributed by atoms with Crippen molar-refractivity contribution in [1.29, 1.82) is 0 Å². The molecule has 31 heteroatoms. The Morgan fingerprint density at radius 1 is 0.430 bits per heavy atom. The minimum atomic E-state index is -2.65. The predicted molar refractivity (Wildman–Crippen MR) is 244 cm³/mol. The van der Waals surface area contributed by atoms with Gasteiger partial charge in [0, 0.05) is 34.4 Å². The SMILES string of the molecule is O=C(OC1OC2COC(=O)c3cc(Oc4c(C(=O)O)cc(O)c(O)c4O)c(O)c(O)c3-c3c(cc(O)c(O)c3O)C(=O)OC2C2OC(=O)c3cc(O)c(O)c(O)c3-c3c(cc(O)c(O)c3O)C(=O)OC12)c1cc(O)c(O)c(O)c1. The summed E-state index contributed by atoms with van der Waals surface area (Å²) in [4.78, 5) is 84.3. The van der Waals surface area contributed by atoms with E-state index in [0.717, 1.165) is 0 Å². The number of carboxylic acids is 1. The number of hydrogen-bond acceptors (Lipinski definition) is 30. The van der Waals surface area contributed by atoms with Crippen LogP contribution in [0.4, 0.5) is 0 Å². The lowest BCUT2D eigenvalue weighted by molar-refractivity contribution is -0.282. The molecular formula is C48H32O31. The molecule has 1 saturated heterocycles. The van der Waals surface area contributed by atoms with Crippen LogP contribution in [0.5, 0.6) is 109 Å². The van der Waals surface area contributed by atoms with Crippen molar-refractivity contribution in [2.45, 2.75) is 30.7 Å². The molecule has 0 amide bonds. The van der Waals surface area contributed by atoms with Gasteiger partial charge in [-0.3, -0.25) is 0 Å². The molecule has 410 valence electrons. The average molecular weight is 1100 g/mol. The van der Waals surface area contributed by atoms with Gasteiger partial charge in [-0.05, 0) is 30.3 Å². The van der Waals surface area contributed by atoms with Crippen molar-refractivity contribution in [3.63, 3.8) is 0 Å². The summed E-state index contributed by atoms with van der Waals surface area (Å²) in [5.74, 6) is -37.3. The van der Waals surface area contributed by atoms with E-state index in [9.17, 15) is 121 Å². The molecule has 18 N–H and O–H groups in total. The molecule has 9 rings (SSSR count). The quantitative estimate of drug-likeness (QED) is 0.0670. The molecule has 3 aliphatic heterocycles. The van der Waals surface area contributed by atoms with Gasteiger partial charge < -0.3 is 125 Å². The van der Waals surface area contributed by atoms with Crippen LogP contribution in [0.25, 0.3) is 22.3 Å². The Hall–Kier alpha value is -11.5. The largest absolute Gasteiger partial charge is 0.504 e. The van der Waals surface area contributed by atoms with Gasteiger partial charge in [0.2, 0.25) is 46.9 Å². The minimum Gasteiger partial charge on any atom is -0.504 e. The number of carboxylic acid groups (broad SMARTS) is 1. The lowest BCUT2D eigenvalue weighted by Gasteiger charge is -2.44. The second-order valence-electron chi connectivity index (χ2n) is 16.9. The van der Waals surface area contributed by atoms with Gasteiger partial charge in [-0.1, -0.05) is 0 Å². The van der Waals surface area contributed by atoms with Crippen molar-refractivity contribution in [3.8, 4) is 131 Å². The van der Waals surface area contributed by atoms with Crippen LogP contribution in [0, 0.1) is 0 Å². The zero-order valence-corrected chi connectivity index (χ0v) is 38.5. The molecule has 0 bridgehead atoms. The summed E-state index contributed by atoms with van der Waals surface area (Å²) < 4.78 is 39.3. The summed E-state index contributed by atoms with van der Waals surface area (Å²) in [6, 6.07) is 2.85. The molecule has 31 nitrogen and oxygen atoms in total. The minimum absolute atomic E-state index is 0.319. The number of esters is 5. The van der Waals surface area contributed by atoms with Crippen LogP contribution in [0.1, 0.15) is 62.1 Å². The third-order valence-electron chi connectivity index (χ3n) is 12.3. The number of phenolic OH excluding ortho intramolecular Hbond substituents is 17. The van der Waals surface area contributed by atoms with E-state index in [0.29, 0.717) is 42.5 Å². The van der Waals surface area contributed by atoms with Gasteiger partial charge in [-0.25, -0.2) is 28.8 Å². The third kappa shape index (κ3) is 8.40. The number of phenols is 17. The zero-order valence-electron chi connectivity index (χ0n) is 38.5. The Kier molecular flexibility index (Phi) is 12.4. The lowest BCUT2D eigenvalue weighted by Crippen LogP contribution is -2.63. The highest BCUT2D eigenvalue weighted by Gasteiger charge is 2.56.